The predicted molar refractivity (Wildman–Crippen MR) is 165 cm³/mol. The lowest BCUT2D eigenvalue weighted by Crippen LogP contribution is -2.50. The molecule has 3 aliphatic heterocycles. The molecular weight excluding hydrogens is 574 g/mol. The SMILES string of the molecule is C[C@@H]1OCC2(CCN(c3cnc(Sc4ccnc(Nc5ccnc(N6CCC(C)(CO)CC6)n5)c4Cl)cn3)CC2)[C@@H]1N. The highest BCUT2D eigenvalue weighted by Crippen LogP contribution is 2.42. The number of nitrogens with two attached hydrogens (primary N) is 1. The molecule has 11 nitrogen and oxygen atoms in total. The zero-order valence-electron chi connectivity index (χ0n) is 24.0. The Hall–Kier alpha value is -2.77. The van der Waals surface area contributed by atoms with Crippen LogP contribution < -0.4 is 20.9 Å². The van der Waals surface area contributed by atoms with Crippen LogP contribution >= 0.6 is 23.4 Å². The maximum Gasteiger partial charge on any atom is 0.227 e. The van der Waals surface area contributed by atoms with Gasteiger partial charge < -0.3 is 30.7 Å². The summed E-state index contributed by atoms with van der Waals surface area (Å²) in [6.45, 7) is 8.50. The molecule has 0 saturated carbocycles. The quantitative estimate of drug-likeness (QED) is 0.354. The number of rotatable bonds is 7. The van der Waals surface area contributed by atoms with E-state index in [0.717, 1.165) is 74.2 Å². The molecule has 224 valence electrons. The van der Waals surface area contributed by atoms with E-state index in [2.05, 4.69) is 43.9 Å². The minimum Gasteiger partial charge on any atom is -0.396 e. The number of hydrogen-bond donors (Lipinski definition) is 3. The van der Waals surface area contributed by atoms with E-state index < -0.39 is 0 Å². The Balaban J connectivity index is 1.08. The van der Waals surface area contributed by atoms with Crippen LogP contribution in [0.4, 0.5) is 23.4 Å². The van der Waals surface area contributed by atoms with E-state index in [9.17, 15) is 5.11 Å². The van der Waals surface area contributed by atoms with E-state index in [1.165, 1.54) is 11.8 Å². The first-order valence-corrected chi connectivity index (χ1v) is 15.7. The summed E-state index contributed by atoms with van der Waals surface area (Å²) < 4.78 is 5.85. The Labute approximate surface area is 255 Å². The number of halogens is 1. The summed E-state index contributed by atoms with van der Waals surface area (Å²) in [4.78, 5) is 28.2. The molecule has 3 aromatic rings. The molecule has 2 atom stereocenters. The topological polar surface area (TPSA) is 138 Å². The Kier molecular flexibility index (Phi) is 8.43. The smallest absolute Gasteiger partial charge is 0.227 e. The van der Waals surface area contributed by atoms with Crippen molar-refractivity contribution in [2.24, 2.45) is 16.6 Å². The van der Waals surface area contributed by atoms with Gasteiger partial charge in [-0.15, -0.1) is 0 Å². The number of pyridine rings is 1. The zero-order valence-corrected chi connectivity index (χ0v) is 25.6. The highest BCUT2D eigenvalue weighted by Gasteiger charge is 2.47. The van der Waals surface area contributed by atoms with Crippen molar-refractivity contribution < 1.29 is 9.84 Å². The van der Waals surface area contributed by atoms with Crippen LogP contribution in [-0.4, -0.2) is 81.6 Å². The molecule has 3 fully saturated rings. The van der Waals surface area contributed by atoms with Crippen LogP contribution in [0, 0.1) is 10.8 Å². The molecule has 6 heterocycles. The first-order valence-electron chi connectivity index (χ1n) is 14.5. The number of aliphatic hydroxyl groups is 1. The van der Waals surface area contributed by atoms with Gasteiger partial charge in [0, 0.05) is 61.5 Å². The number of nitrogens with one attached hydrogen (secondary N) is 1. The van der Waals surface area contributed by atoms with Crippen LogP contribution in [0.2, 0.25) is 5.02 Å². The lowest BCUT2D eigenvalue weighted by Gasteiger charge is -2.41. The fourth-order valence-electron chi connectivity index (χ4n) is 5.98. The molecule has 0 amide bonds. The third kappa shape index (κ3) is 6.00. The second-order valence-electron chi connectivity index (χ2n) is 12.0. The summed E-state index contributed by atoms with van der Waals surface area (Å²) in [5.41, 5.74) is 6.51. The van der Waals surface area contributed by atoms with Crippen LogP contribution in [0.15, 0.2) is 46.8 Å². The minimum atomic E-state index is -0.0397. The van der Waals surface area contributed by atoms with Gasteiger partial charge in [0.1, 0.15) is 16.7 Å². The molecule has 3 aliphatic rings. The van der Waals surface area contributed by atoms with Gasteiger partial charge in [0.05, 0.1) is 30.1 Å². The molecule has 0 aromatic carbocycles. The highest BCUT2D eigenvalue weighted by molar-refractivity contribution is 7.99. The van der Waals surface area contributed by atoms with Gasteiger partial charge in [0.25, 0.3) is 0 Å². The molecule has 42 heavy (non-hydrogen) atoms. The van der Waals surface area contributed by atoms with Crippen molar-refractivity contribution in [2.75, 3.05) is 54.5 Å². The summed E-state index contributed by atoms with van der Waals surface area (Å²) >= 11 is 8.22. The highest BCUT2D eigenvalue weighted by atomic mass is 35.5. The summed E-state index contributed by atoms with van der Waals surface area (Å²) in [5, 5.41) is 14.2. The van der Waals surface area contributed by atoms with Crippen LogP contribution in [0.1, 0.15) is 39.5 Å². The van der Waals surface area contributed by atoms with Crippen molar-refractivity contribution >= 4 is 46.8 Å². The van der Waals surface area contributed by atoms with Crippen molar-refractivity contribution in [3.8, 4) is 0 Å². The number of piperidine rings is 2. The number of anilines is 4. The normalized spacial score (nSPS) is 23.4. The molecule has 0 bridgehead atoms. The van der Waals surface area contributed by atoms with Crippen molar-refractivity contribution in [2.45, 2.75) is 61.6 Å². The first kappa shape index (κ1) is 29.3. The lowest BCUT2D eigenvalue weighted by molar-refractivity contribution is 0.0974. The molecule has 13 heteroatoms. The molecule has 6 rings (SSSR count). The summed E-state index contributed by atoms with van der Waals surface area (Å²) in [6, 6.07) is 3.75. The molecule has 4 N–H and O–H groups in total. The third-order valence-electron chi connectivity index (χ3n) is 9.14. The van der Waals surface area contributed by atoms with Crippen molar-refractivity contribution in [1.82, 2.24) is 24.9 Å². The fourth-order valence-corrected chi connectivity index (χ4v) is 7.01. The van der Waals surface area contributed by atoms with Gasteiger partial charge >= 0.3 is 0 Å². The molecular formula is C29H38ClN9O2S. The van der Waals surface area contributed by atoms with Crippen molar-refractivity contribution in [3.05, 3.63) is 41.9 Å². The average molecular weight is 612 g/mol. The Morgan fingerprint density at radius 2 is 1.79 bits per heavy atom. The number of nitrogens with zero attached hydrogens (tertiary/aromatic N) is 7. The number of aliphatic hydroxyl groups excluding tert-OH is 1. The molecule has 0 unspecified atom stereocenters. The monoisotopic (exact) mass is 611 g/mol. The second kappa shape index (κ2) is 12.1. The van der Waals surface area contributed by atoms with Crippen molar-refractivity contribution in [3.63, 3.8) is 0 Å². The Bertz CT molecular complexity index is 1380. The van der Waals surface area contributed by atoms with Crippen LogP contribution in [0.3, 0.4) is 0 Å². The number of ether oxygens (including phenoxy) is 1. The largest absolute Gasteiger partial charge is 0.396 e. The van der Waals surface area contributed by atoms with Gasteiger partial charge in [0.15, 0.2) is 5.82 Å². The molecule has 0 aliphatic carbocycles. The average Bonchev–Trinajstić information content (AvgIpc) is 3.29. The summed E-state index contributed by atoms with van der Waals surface area (Å²) in [5.74, 6) is 2.63. The van der Waals surface area contributed by atoms with Gasteiger partial charge in [-0.1, -0.05) is 30.3 Å². The van der Waals surface area contributed by atoms with E-state index in [-0.39, 0.29) is 29.6 Å². The summed E-state index contributed by atoms with van der Waals surface area (Å²) in [6.07, 6.45) is 10.9. The first-order chi connectivity index (χ1) is 20.3. The van der Waals surface area contributed by atoms with Crippen LogP contribution in [0.5, 0.6) is 0 Å². The standard InChI is InChI=1S/C29H38ClN9O2S/c1-19-25(31)29(18-41-19)7-13-38(14-8-29)22-15-35-23(16-34-22)42-20-3-9-32-26(24(20)30)36-21-4-10-33-27(37-21)39-11-5-28(2,17-40)6-12-39/h3-4,9-10,15-16,19,25,40H,5-8,11-14,17-18,31H2,1-2H3,(H,32,33,36,37)/t19-,25+/m0/s1. The number of hydrogen-bond acceptors (Lipinski definition) is 12. The van der Waals surface area contributed by atoms with Gasteiger partial charge in [-0.05, 0) is 50.2 Å². The zero-order chi connectivity index (χ0) is 29.3. The van der Waals surface area contributed by atoms with E-state index in [4.69, 9.17) is 32.0 Å². The van der Waals surface area contributed by atoms with Gasteiger partial charge in [-0.25, -0.2) is 19.9 Å². The Morgan fingerprint density at radius 3 is 2.45 bits per heavy atom. The molecule has 3 aromatic heterocycles. The van der Waals surface area contributed by atoms with Gasteiger partial charge in [-0.3, -0.25) is 0 Å². The van der Waals surface area contributed by atoms with Crippen molar-refractivity contribution in [1.29, 1.82) is 0 Å². The second-order valence-corrected chi connectivity index (χ2v) is 13.4. The molecule has 0 radical (unpaired) electrons. The van der Waals surface area contributed by atoms with E-state index in [1.807, 2.05) is 12.3 Å². The maximum absolute atomic E-state index is 9.67. The number of aromatic nitrogens is 5. The minimum absolute atomic E-state index is 0.0397. The summed E-state index contributed by atoms with van der Waals surface area (Å²) in [7, 11) is 0. The van der Waals surface area contributed by atoms with E-state index >= 15 is 0 Å². The predicted octanol–water partition coefficient (Wildman–Crippen LogP) is 4.14. The van der Waals surface area contributed by atoms with Crippen LogP contribution in [-0.2, 0) is 4.74 Å². The van der Waals surface area contributed by atoms with Gasteiger partial charge in [-0.2, -0.15) is 4.98 Å². The Morgan fingerprint density at radius 1 is 1.05 bits per heavy atom. The van der Waals surface area contributed by atoms with Crippen LogP contribution in [0.25, 0.3) is 0 Å². The van der Waals surface area contributed by atoms with Gasteiger partial charge in [0.2, 0.25) is 5.95 Å². The fraction of sp³-hybridized carbons (Fsp3) is 0.552. The van der Waals surface area contributed by atoms with E-state index in [0.29, 0.717) is 22.6 Å². The molecule has 1 spiro atoms. The van der Waals surface area contributed by atoms with E-state index in [1.54, 1.807) is 24.7 Å². The third-order valence-corrected chi connectivity index (χ3v) is 10.6. The molecule has 3 saturated heterocycles. The lowest BCUT2D eigenvalue weighted by atomic mass is 9.73. The maximum atomic E-state index is 9.67.